The van der Waals surface area contributed by atoms with E-state index in [1.54, 1.807) is 13.8 Å². The Kier molecular flexibility index (Phi) is 7.41. The summed E-state index contributed by atoms with van der Waals surface area (Å²) in [4.78, 5) is 37.4. The molecule has 33 heavy (non-hydrogen) atoms. The van der Waals surface area contributed by atoms with Crippen molar-refractivity contribution in [1.29, 1.82) is 0 Å². The molecule has 2 aromatic carbocycles. The van der Waals surface area contributed by atoms with Gasteiger partial charge in [-0.05, 0) is 56.4 Å². The Labute approximate surface area is 194 Å². The van der Waals surface area contributed by atoms with Gasteiger partial charge < -0.3 is 20.1 Å². The number of ether oxygens (including phenoxy) is 1. The molecule has 0 saturated heterocycles. The smallest absolute Gasteiger partial charge is 0.407 e. The first kappa shape index (κ1) is 24.3. The molecule has 2 aromatic rings. The second kappa shape index (κ2) is 10.1. The Balaban J connectivity index is 1.56. The number of alkyl carbamates (subject to hydrolysis) is 1. The summed E-state index contributed by atoms with van der Waals surface area (Å²) >= 11 is 0. The molecule has 0 unspecified atom stereocenters. The van der Waals surface area contributed by atoms with Gasteiger partial charge in [0.1, 0.15) is 13.2 Å². The molecule has 0 spiro atoms. The predicted octanol–water partition coefficient (Wildman–Crippen LogP) is 4.41. The normalized spacial score (nSPS) is 12.8. The molecule has 3 rings (SSSR count). The molecule has 0 aromatic heterocycles. The van der Waals surface area contributed by atoms with Crippen LogP contribution in [0, 0.1) is 0 Å². The van der Waals surface area contributed by atoms with E-state index in [9.17, 15) is 14.4 Å². The molecule has 7 nitrogen and oxygen atoms in total. The summed E-state index contributed by atoms with van der Waals surface area (Å²) in [5, 5.41) is 11.9. The molecule has 2 amide bonds. The van der Waals surface area contributed by atoms with Crippen LogP contribution in [0.3, 0.4) is 0 Å². The number of hydrogen-bond acceptors (Lipinski definition) is 4. The van der Waals surface area contributed by atoms with E-state index in [1.165, 1.54) is 4.90 Å². The van der Waals surface area contributed by atoms with E-state index in [4.69, 9.17) is 9.84 Å². The lowest BCUT2D eigenvalue weighted by atomic mass is 9.97. The molecule has 0 bridgehead atoms. The predicted molar refractivity (Wildman–Crippen MR) is 126 cm³/mol. The Morgan fingerprint density at radius 1 is 1.03 bits per heavy atom. The lowest BCUT2D eigenvalue weighted by Crippen LogP contribution is -2.46. The monoisotopic (exact) mass is 452 g/mol. The van der Waals surface area contributed by atoms with Crippen molar-refractivity contribution in [3.63, 3.8) is 0 Å². The average Bonchev–Trinajstić information content (AvgIpc) is 3.08. The van der Waals surface area contributed by atoms with E-state index < -0.39 is 17.6 Å². The van der Waals surface area contributed by atoms with Gasteiger partial charge in [-0.2, -0.15) is 0 Å². The minimum Gasteiger partial charge on any atom is -0.480 e. The number of carbonyl (C=O) groups is 3. The first-order valence-electron chi connectivity index (χ1n) is 11.2. The summed E-state index contributed by atoms with van der Waals surface area (Å²) in [7, 11) is 0. The van der Waals surface area contributed by atoms with E-state index in [0.717, 1.165) is 22.3 Å². The van der Waals surface area contributed by atoms with Gasteiger partial charge in [0.05, 0.1) is 0 Å². The van der Waals surface area contributed by atoms with Gasteiger partial charge in [-0.3, -0.25) is 9.59 Å². The summed E-state index contributed by atoms with van der Waals surface area (Å²) in [5.41, 5.74) is 3.92. The SMILES string of the molecule is CC(C)N(CC(=O)O)C(=O)CCC(C)(C)NC(=O)OCC1c2ccccc2-c2ccccc21. The number of carboxylic acid groups (broad SMARTS) is 1. The number of nitrogens with zero attached hydrogens (tertiary/aromatic N) is 1. The van der Waals surface area contributed by atoms with E-state index >= 15 is 0 Å². The third kappa shape index (κ3) is 5.92. The summed E-state index contributed by atoms with van der Waals surface area (Å²) < 4.78 is 5.60. The van der Waals surface area contributed by atoms with Crippen LogP contribution in [0.15, 0.2) is 48.5 Å². The van der Waals surface area contributed by atoms with Crippen molar-refractivity contribution in [2.24, 2.45) is 0 Å². The van der Waals surface area contributed by atoms with Crippen LogP contribution in [-0.2, 0) is 14.3 Å². The number of fused-ring (bicyclic) bond motifs is 3. The number of carbonyl (C=O) groups excluding carboxylic acids is 2. The highest BCUT2D eigenvalue weighted by Gasteiger charge is 2.30. The highest BCUT2D eigenvalue weighted by Crippen LogP contribution is 2.44. The van der Waals surface area contributed by atoms with Crippen LogP contribution in [-0.4, -0.2) is 52.7 Å². The molecule has 176 valence electrons. The van der Waals surface area contributed by atoms with Crippen LogP contribution in [0.2, 0.25) is 0 Å². The largest absolute Gasteiger partial charge is 0.480 e. The fourth-order valence-corrected chi connectivity index (χ4v) is 4.24. The summed E-state index contributed by atoms with van der Waals surface area (Å²) in [5.74, 6) is -1.33. The zero-order valence-electron chi connectivity index (χ0n) is 19.6. The van der Waals surface area contributed by atoms with Crippen LogP contribution in [0.5, 0.6) is 0 Å². The molecule has 1 aliphatic carbocycles. The molecular formula is C26H32N2O5. The first-order valence-corrected chi connectivity index (χ1v) is 11.2. The molecule has 2 N–H and O–H groups in total. The van der Waals surface area contributed by atoms with Crippen molar-refractivity contribution < 1.29 is 24.2 Å². The van der Waals surface area contributed by atoms with E-state index in [2.05, 4.69) is 29.6 Å². The molecule has 0 aliphatic heterocycles. The van der Waals surface area contributed by atoms with Crippen molar-refractivity contribution >= 4 is 18.0 Å². The second-order valence-electron chi connectivity index (χ2n) is 9.34. The van der Waals surface area contributed by atoms with Crippen LogP contribution in [0.25, 0.3) is 11.1 Å². The zero-order valence-corrected chi connectivity index (χ0v) is 19.6. The minimum absolute atomic E-state index is 0.0246. The molecule has 0 saturated carbocycles. The lowest BCUT2D eigenvalue weighted by Gasteiger charge is -2.29. The van der Waals surface area contributed by atoms with E-state index in [-0.39, 0.29) is 37.4 Å². The third-order valence-corrected chi connectivity index (χ3v) is 6.00. The van der Waals surface area contributed by atoms with Crippen molar-refractivity contribution in [3.8, 4) is 11.1 Å². The Bertz CT molecular complexity index is 985. The fourth-order valence-electron chi connectivity index (χ4n) is 4.24. The van der Waals surface area contributed by atoms with Gasteiger partial charge in [-0.15, -0.1) is 0 Å². The second-order valence-corrected chi connectivity index (χ2v) is 9.34. The highest BCUT2D eigenvalue weighted by atomic mass is 16.5. The van der Waals surface area contributed by atoms with Crippen molar-refractivity contribution in [2.75, 3.05) is 13.2 Å². The Morgan fingerprint density at radius 3 is 2.09 bits per heavy atom. The summed E-state index contributed by atoms with van der Waals surface area (Å²) in [6.07, 6.45) is -0.0541. The average molecular weight is 453 g/mol. The van der Waals surface area contributed by atoms with Crippen molar-refractivity contribution in [2.45, 2.75) is 58.0 Å². The number of nitrogens with one attached hydrogen (secondary N) is 1. The maximum Gasteiger partial charge on any atom is 0.407 e. The maximum atomic E-state index is 12.6. The lowest BCUT2D eigenvalue weighted by molar-refractivity contribution is -0.145. The van der Waals surface area contributed by atoms with Crippen LogP contribution < -0.4 is 5.32 Å². The van der Waals surface area contributed by atoms with Crippen LogP contribution in [0.1, 0.15) is 57.6 Å². The maximum absolute atomic E-state index is 12.6. The molecule has 1 aliphatic rings. The standard InChI is InChI=1S/C26H32N2O5/c1-17(2)28(15-24(30)31)23(29)13-14-26(3,4)27-25(32)33-16-22-20-11-7-5-9-18(20)19-10-6-8-12-21(19)22/h5-12,17,22H,13-16H2,1-4H3,(H,27,32)(H,30,31). The molecular weight excluding hydrogens is 420 g/mol. The third-order valence-electron chi connectivity index (χ3n) is 6.00. The van der Waals surface area contributed by atoms with Gasteiger partial charge in [0, 0.05) is 23.9 Å². The number of amides is 2. The van der Waals surface area contributed by atoms with Gasteiger partial charge in [-0.1, -0.05) is 48.5 Å². The van der Waals surface area contributed by atoms with Gasteiger partial charge in [0.15, 0.2) is 0 Å². The quantitative estimate of drug-likeness (QED) is 0.588. The number of benzene rings is 2. The summed E-state index contributed by atoms with van der Waals surface area (Å²) in [6.45, 7) is 7.07. The van der Waals surface area contributed by atoms with Gasteiger partial charge in [0.25, 0.3) is 0 Å². The summed E-state index contributed by atoms with van der Waals surface area (Å²) in [6, 6.07) is 16.1. The van der Waals surface area contributed by atoms with Crippen molar-refractivity contribution in [3.05, 3.63) is 59.7 Å². The Morgan fingerprint density at radius 2 is 1.58 bits per heavy atom. The number of hydrogen-bond donors (Lipinski definition) is 2. The van der Waals surface area contributed by atoms with Gasteiger partial charge in [-0.25, -0.2) is 4.79 Å². The van der Waals surface area contributed by atoms with Gasteiger partial charge >= 0.3 is 12.1 Å². The molecule has 0 heterocycles. The van der Waals surface area contributed by atoms with Crippen LogP contribution in [0.4, 0.5) is 4.79 Å². The zero-order chi connectivity index (χ0) is 24.2. The minimum atomic E-state index is -1.05. The fraction of sp³-hybridized carbons (Fsp3) is 0.423. The molecule has 0 atom stereocenters. The van der Waals surface area contributed by atoms with Crippen LogP contribution >= 0.6 is 0 Å². The number of aliphatic carboxylic acids is 1. The first-order chi connectivity index (χ1) is 15.6. The topological polar surface area (TPSA) is 95.9 Å². The molecule has 0 radical (unpaired) electrons. The van der Waals surface area contributed by atoms with Crippen molar-refractivity contribution in [1.82, 2.24) is 10.2 Å². The Hall–Kier alpha value is -3.35. The van der Waals surface area contributed by atoms with E-state index in [0.29, 0.717) is 6.42 Å². The van der Waals surface area contributed by atoms with E-state index in [1.807, 2.05) is 38.1 Å². The molecule has 0 fully saturated rings. The molecule has 7 heteroatoms. The number of rotatable bonds is 9. The van der Waals surface area contributed by atoms with Gasteiger partial charge in [0.2, 0.25) is 5.91 Å². The number of carboxylic acids is 1. The highest BCUT2D eigenvalue weighted by molar-refractivity contribution is 5.82.